The number of rotatable bonds is 31. The molecule has 3 N–H and O–H groups in total. The monoisotopic (exact) mass is 594 g/mol. The van der Waals surface area contributed by atoms with E-state index >= 15 is 0 Å². The molecule has 6 nitrogen and oxygen atoms in total. The summed E-state index contributed by atoms with van der Waals surface area (Å²) < 4.78 is 0. The predicted molar refractivity (Wildman–Crippen MR) is 176 cm³/mol. The second-order valence-corrected chi connectivity index (χ2v) is 11.6. The molecular formula is C36H66O6. The van der Waals surface area contributed by atoms with Crippen LogP contribution in [0.25, 0.3) is 0 Å². The zero-order valence-corrected chi connectivity index (χ0v) is 27.2. The van der Waals surface area contributed by atoms with E-state index in [0.717, 1.165) is 51.4 Å². The molecule has 42 heavy (non-hydrogen) atoms. The molecule has 0 unspecified atom stereocenters. The van der Waals surface area contributed by atoms with Gasteiger partial charge in [-0.05, 0) is 51.4 Å². The minimum atomic E-state index is -0.679. The molecule has 0 saturated heterocycles. The fourth-order valence-electron chi connectivity index (χ4n) is 4.76. The molecule has 0 fully saturated rings. The third-order valence-electron chi connectivity index (χ3n) is 7.37. The standard InChI is InChI=1S/C18H34O4.C18H32O2/c19-17(20)15-13-11-9-7-5-3-1-2-4-6-8-10-12-14-16-18(21)22;1-2-3-4-5-6-7-8-9-10-11-12-13-14-15-16-17-18(19)20/h1-16H2,(H,19,20)(H,21,22);6-7,9-10H,2-5,8,11-17H2,1H3,(H,19,20)/b;7-6-,10-9-. The summed E-state index contributed by atoms with van der Waals surface area (Å²) in [6.07, 6.45) is 39.3. The number of carboxylic acids is 3. The van der Waals surface area contributed by atoms with Crippen molar-refractivity contribution in [3.8, 4) is 0 Å². The van der Waals surface area contributed by atoms with Gasteiger partial charge >= 0.3 is 17.9 Å². The molecule has 0 aliphatic carbocycles. The maximum absolute atomic E-state index is 10.3. The maximum Gasteiger partial charge on any atom is 0.303 e. The highest BCUT2D eigenvalue weighted by Crippen LogP contribution is 2.14. The molecule has 0 aliphatic heterocycles. The van der Waals surface area contributed by atoms with Crippen LogP contribution in [0.1, 0.15) is 187 Å². The highest BCUT2D eigenvalue weighted by Gasteiger charge is 1.99. The average Bonchev–Trinajstić information content (AvgIpc) is 2.94. The van der Waals surface area contributed by atoms with Gasteiger partial charge in [0.15, 0.2) is 0 Å². The highest BCUT2D eigenvalue weighted by molar-refractivity contribution is 5.67. The Kier molecular flexibility index (Phi) is 36.9. The Morgan fingerprint density at radius 1 is 0.381 bits per heavy atom. The Balaban J connectivity index is 0. The predicted octanol–water partition coefficient (Wildman–Crippen LogP) is 11.3. The van der Waals surface area contributed by atoms with Crippen LogP contribution >= 0.6 is 0 Å². The van der Waals surface area contributed by atoms with Gasteiger partial charge in [-0.1, -0.05) is 140 Å². The zero-order valence-electron chi connectivity index (χ0n) is 27.2. The summed E-state index contributed by atoms with van der Waals surface area (Å²) in [5, 5.41) is 25.5. The molecule has 0 aromatic rings. The van der Waals surface area contributed by atoms with E-state index in [1.54, 1.807) is 0 Å². The van der Waals surface area contributed by atoms with Gasteiger partial charge in [-0.2, -0.15) is 0 Å². The van der Waals surface area contributed by atoms with Crippen molar-refractivity contribution in [1.82, 2.24) is 0 Å². The van der Waals surface area contributed by atoms with E-state index in [1.807, 2.05) is 0 Å². The summed E-state index contributed by atoms with van der Waals surface area (Å²) >= 11 is 0. The summed E-state index contributed by atoms with van der Waals surface area (Å²) in [7, 11) is 0. The van der Waals surface area contributed by atoms with Crippen molar-refractivity contribution in [3.05, 3.63) is 24.3 Å². The minimum absolute atomic E-state index is 0.316. The fourth-order valence-corrected chi connectivity index (χ4v) is 4.76. The van der Waals surface area contributed by atoms with Crippen LogP contribution in [0.5, 0.6) is 0 Å². The first-order chi connectivity index (χ1) is 20.4. The minimum Gasteiger partial charge on any atom is -0.481 e. The van der Waals surface area contributed by atoms with Crippen LogP contribution < -0.4 is 0 Å². The van der Waals surface area contributed by atoms with Gasteiger partial charge in [-0.15, -0.1) is 0 Å². The van der Waals surface area contributed by atoms with Gasteiger partial charge in [0.2, 0.25) is 0 Å². The summed E-state index contributed by atoms with van der Waals surface area (Å²) in [5.74, 6) is -2.03. The molecule has 0 atom stereocenters. The first-order valence-corrected chi connectivity index (χ1v) is 17.4. The van der Waals surface area contributed by atoms with Gasteiger partial charge in [0, 0.05) is 19.3 Å². The lowest BCUT2D eigenvalue weighted by Crippen LogP contribution is -1.93. The van der Waals surface area contributed by atoms with Crippen LogP contribution in [-0.2, 0) is 14.4 Å². The fraction of sp³-hybridized carbons (Fsp3) is 0.806. The van der Waals surface area contributed by atoms with Crippen molar-refractivity contribution in [2.45, 2.75) is 187 Å². The summed E-state index contributed by atoms with van der Waals surface area (Å²) in [5.41, 5.74) is 0. The quantitative estimate of drug-likeness (QED) is 0.0543. The number of carboxylic acid groups (broad SMARTS) is 3. The largest absolute Gasteiger partial charge is 0.481 e. The molecule has 0 heterocycles. The van der Waals surface area contributed by atoms with Gasteiger partial charge in [0.25, 0.3) is 0 Å². The lowest BCUT2D eigenvalue weighted by molar-refractivity contribution is -0.138. The SMILES string of the molecule is CCCCC/C=C\C/C=C\CCCCCCCC(=O)O.O=C(O)CCCCCCCCCCCCCCCCC(=O)O. The molecule has 6 heteroatoms. The Morgan fingerprint density at radius 2 is 0.643 bits per heavy atom. The molecule has 0 radical (unpaired) electrons. The van der Waals surface area contributed by atoms with Gasteiger partial charge in [0.1, 0.15) is 0 Å². The van der Waals surface area contributed by atoms with Crippen molar-refractivity contribution < 1.29 is 29.7 Å². The lowest BCUT2D eigenvalue weighted by atomic mass is 10.0. The highest BCUT2D eigenvalue weighted by atomic mass is 16.4. The van der Waals surface area contributed by atoms with E-state index in [4.69, 9.17) is 15.3 Å². The van der Waals surface area contributed by atoms with Crippen LogP contribution in [0, 0.1) is 0 Å². The van der Waals surface area contributed by atoms with Crippen molar-refractivity contribution in [2.75, 3.05) is 0 Å². The molecule has 0 amide bonds. The van der Waals surface area contributed by atoms with Crippen molar-refractivity contribution in [3.63, 3.8) is 0 Å². The number of aliphatic carboxylic acids is 3. The molecule has 246 valence electrons. The topological polar surface area (TPSA) is 112 Å². The van der Waals surface area contributed by atoms with Crippen LogP contribution in [0.2, 0.25) is 0 Å². The molecule has 0 spiro atoms. The zero-order chi connectivity index (χ0) is 31.4. The second-order valence-electron chi connectivity index (χ2n) is 11.6. The third kappa shape index (κ3) is 44.9. The van der Waals surface area contributed by atoms with E-state index in [-0.39, 0.29) is 0 Å². The molecule has 0 aromatic heterocycles. The van der Waals surface area contributed by atoms with E-state index < -0.39 is 17.9 Å². The molecule has 0 bridgehead atoms. The third-order valence-corrected chi connectivity index (χ3v) is 7.37. The van der Waals surface area contributed by atoms with E-state index in [2.05, 4.69) is 31.2 Å². The second kappa shape index (κ2) is 36.9. The normalized spacial score (nSPS) is 11.2. The van der Waals surface area contributed by atoms with Gasteiger partial charge in [-0.25, -0.2) is 0 Å². The van der Waals surface area contributed by atoms with Crippen LogP contribution in [0.4, 0.5) is 0 Å². The Labute approximate surface area is 258 Å². The number of hydrogen-bond acceptors (Lipinski definition) is 3. The van der Waals surface area contributed by atoms with Crippen molar-refractivity contribution in [2.24, 2.45) is 0 Å². The van der Waals surface area contributed by atoms with E-state index in [9.17, 15) is 14.4 Å². The molecule has 0 rings (SSSR count). The summed E-state index contributed by atoms with van der Waals surface area (Å²) in [6.45, 7) is 2.23. The Hall–Kier alpha value is -2.11. The van der Waals surface area contributed by atoms with Gasteiger partial charge in [-0.3, -0.25) is 14.4 Å². The first-order valence-electron chi connectivity index (χ1n) is 17.4. The lowest BCUT2D eigenvalue weighted by Gasteiger charge is -2.03. The number of allylic oxidation sites excluding steroid dienone is 4. The Morgan fingerprint density at radius 3 is 0.929 bits per heavy atom. The molecular weight excluding hydrogens is 528 g/mol. The van der Waals surface area contributed by atoms with E-state index in [0.29, 0.717) is 19.3 Å². The summed E-state index contributed by atoms with van der Waals surface area (Å²) in [6, 6.07) is 0. The van der Waals surface area contributed by atoms with Gasteiger partial charge < -0.3 is 15.3 Å². The Bertz CT molecular complexity index is 627. The van der Waals surface area contributed by atoms with Crippen LogP contribution in [-0.4, -0.2) is 33.2 Å². The molecule has 0 aromatic carbocycles. The summed E-state index contributed by atoms with van der Waals surface area (Å²) in [4.78, 5) is 31.0. The molecule has 0 saturated carbocycles. The van der Waals surface area contributed by atoms with Crippen LogP contribution in [0.15, 0.2) is 24.3 Å². The van der Waals surface area contributed by atoms with Crippen LogP contribution in [0.3, 0.4) is 0 Å². The van der Waals surface area contributed by atoms with Crippen molar-refractivity contribution >= 4 is 17.9 Å². The van der Waals surface area contributed by atoms with Gasteiger partial charge in [0.05, 0.1) is 0 Å². The number of carbonyl (C=O) groups is 3. The van der Waals surface area contributed by atoms with E-state index in [1.165, 1.54) is 109 Å². The maximum atomic E-state index is 10.3. The average molecular weight is 595 g/mol. The number of unbranched alkanes of at least 4 members (excludes halogenated alkanes) is 21. The van der Waals surface area contributed by atoms with Crippen molar-refractivity contribution in [1.29, 1.82) is 0 Å². The smallest absolute Gasteiger partial charge is 0.303 e. The first kappa shape index (κ1) is 42.0. The number of hydrogen-bond donors (Lipinski definition) is 3. The molecule has 0 aliphatic rings.